The number of carbonyl (C=O) groups is 1. The lowest BCUT2D eigenvalue weighted by atomic mass is 10.1. The van der Waals surface area contributed by atoms with E-state index in [4.69, 9.17) is 21.1 Å². The maximum absolute atomic E-state index is 12.4. The van der Waals surface area contributed by atoms with Crippen molar-refractivity contribution in [1.29, 1.82) is 5.26 Å². The Balaban J connectivity index is 1.70. The number of carbonyl (C=O) groups excluding carboxylic acids is 1. The number of nitriles is 1. The number of benzene rings is 2. The van der Waals surface area contributed by atoms with Crippen molar-refractivity contribution in [2.75, 3.05) is 13.2 Å². The van der Waals surface area contributed by atoms with Crippen molar-refractivity contribution in [3.05, 3.63) is 70.3 Å². The summed E-state index contributed by atoms with van der Waals surface area (Å²) in [6, 6.07) is 16.7. The quantitative estimate of drug-likeness (QED) is 0.564. The van der Waals surface area contributed by atoms with Crippen LogP contribution < -0.4 is 10.1 Å². The Hall–Kier alpha value is -2.81. The number of hydrogen-bond acceptors (Lipinski definition) is 4. The molecule has 1 atom stereocenters. The average molecular weight is 397 g/mol. The predicted octanol–water partition coefficient (Wildman–Crippen LogP) is 4.12. The van der Waals surface area contributed by atoms with Gasteiger partial charge in [0.1, 0.15) is 24.0 Å². The molecule has 0 saturated carbocycles. The van der Waals surface area contributed by atoms with Crippen LogP contribution in [0.2, 0.25) is 5.02 Å². The minimum absolute atomic E-state index is 0.0202. The molecule has 2 aromatic rings. The SMILES string of the molecule is N#C/C(=C\c1ccccc1OCc1ccccc1Cl)C(=O)NCC1CCCO1. The smallest absolute Gasteiger partial charge is 0.262 e. The van der Waals surface area contributed by atoms with Gasteiger partial charge in [0, 0.05) is 29.3 Å². The van der Waals surface area contributed by atoms with Gasteiger partial charge in [-0.25, -0.2) is 0 Å². The van der Waals surface area contributed by atoms with Gasteiger partial charge in [-0.15, -0.1) is 0 Å². The minimum Gasteiger partial charge on any atom is -0.488 e. The summed E-state index contributed by atoms with van der Waals surface area (Å²) in [5.74, 6) is 0.154. The van der Waals surface area contributed by atoms with Crippen molar-refractivity contribution in [2.24, 2.45) is 0 Å². The van der Waals surface area contributed by atoms with Gasteiger partial charge in [-0.05, 0) is 31.1 Å². The van der Waals surface area contributed by atoms with Gasteiger partial charge in [0.15, 0.2) is 0 Å². The van der Waals surface area contributed by atoms with E-state index < -0.39 is 5.91 Å². The van der Waals surface area contributed by atoms with E-state index in [0.29, 0.717) is 22.9 Å². The summed E-state index contributed by atoms with van der Waals surface area (Å²) in [7, 11) is 0. The van der Waals surface area contributed by atoms with Crippen molar-refractivity contribution in [3.63, 3.8) is 0 Å². The van der Waals surface area contributed by atoms with Crippen LogP contribution in [0.1, 0.15) is 24.0 Å². The lowest BCUT2D eigenvalue weighted by Gasteiger charge is -2.12. The maximum atomic E-state index is 12.4. The van der Waals surface area contributed by atoms with E-state index in [2.05, 4.69) is 5.32 Å². The van der Waals surface area contributed by atoms with Crippen LogP contribution >= 0.6 is 11.6 Å². The zero-order valence-corrected chi connectivity index (χ0v) is 16.1. The third-order valence-corrected chi connectivity index (χ3v) is 4.81. The van der Waals surface area contributed by atoms with Gasteiger partial charge in [0.05, 0.1) is 6.10 Å². The molecule has 0 radical (unpaired) electrons. The molecule has 28 heavy (non-hydrogen) atoms. The molecule has 6 heteroatoms. The summed E-state index contributed by atoms with van der Waals surface area (Å²) in [6.07, 6.45) is 3.48. The van der Waals surface area contributed by atoms with Gasteiger partial charge in [-0.3, -0.25) is 4.79 Å². The van der Waals surface area contributed by atoms with Gasteiger partial charge in [0.25, 0.3) is 5.91 Å². The third-order valence-electron chi connectivity index (χ3n) is 4.44. The fourth-order valence-electron chi connectivity index (χ4n) is 2.91. The second kappa shape index (κ2) is 9.93. The summed E-state index contributed by atoms with van der Waals surface area (Å²) in [4.78, 5) is 12.4. The number of hydrogen-bond donors (Lipinski definition) is 1. The van der Waals surface area contributed by atoms with Crippen molar-refractivity contribution in [1.82, 2.24) is 5.32 Å². The second-order valence-electron chi connectivity index (χ2n) is 6.43. The topological polar surface area (TPSA) is 71.3 Å². The van der Waals surface area contributed by atoms with E-state index in [-0.39, 0.29) is 18.3 Å². The van der Waals surface area contributed by atoms with E-state index in [1.54, 1.807) is 18.2 Å². The second-order valence-corrected chi connectivity index (χ2v) is 6.84. The Bertz CT molecular complexity index is 899. The minimum atomic E-state index is -0.418. The van der Waals surface area contributed by atoms with Gasteiger partial charge >= 0.3 is 0 Å². The van der Waals surface area contributed by atoms with E-state index in [1.165, 1.54) is 6.08 Å². The molecule has 1 fully saturated rings. The molecule has 1 heterocycles. The van der Waals surface area contributed by atoms with E-state index in [1.807, 2.05) is 36.4 Å². The molecular weight excluding hydrogens is 376 g/mol. The van der Waals surface area contributed by atoms with Crippen LogP contribution in [-0.2, 0) is 16.1 Å². The molecule has 2 aromatic carbocycles. The molecule has 1 aliphatic heterocycles. The highest BCUT2D eigenvalue weighted by molar-refractivity contribution is 6.31. The summed E-state index contributed by atoms with van der Waals surface area (Å²) < 4.78 is 11.4. The Kier molecular flexibility index (Phi) is 7.07. The molecule has 1 N–H and O–H groups in total. The lowest BCUT2D eigenvalue weighted by Crippen LogP contribution is -2.32. The zero-order chi connectivity index (χ0) is 19.8. The van der Waals surface area contributed by atoms with Gasteiger partial charge in [-0.2, -0.15) is 5.26 Å². The number of nitrogens with one attached hydrogen (secondary N) is 1. The number of amides is 1. The summed E-state index contributed by atoms with van der Waals surface area (Å²) >= 11 is 6.17. The van der Waals surface area contributed by atoms with Crippen LogP contribution in [0.25, 0.3) is 6.08 Å². The molecule has 1 aliphatic rings. The molecule has 0 bridgehead atoms. The van der Waals surface area contributed by atoms with Crippen LogP contribution in [0.5, 0.6) is 5.75 Å². The molecule has 3 rings (SSSR count). The molecule has 0 aliphatic carbocycles. The monoisotopic (exact) mass is 396 g/mol. The number of para-hydroxylation sites is 1. The average Bonchev–Trinajstić information content (AvgIpc) is 3.24. The lowest BCUT2D eigenvalue weighted by molar-refractivity contribution is -0.117. The fourth-order valence-corrected chi connectivity index (χ4v) is 3.10. The molecule has 1 unspecified atom stereocenters. The van der Waals surface area contributed by atoms with Crippen LogP contribution in [0.4, 0.5) is 0 Å². The van der Waals surface area contributed by atoms with Gasteiger partial charge < -0.3 is 14.8 Å². The molecule has 144 valence electrons. The highest BCUT2D eigenvalue weighted by Gasteiger charge is 2.18. The van der Waals surface area contributed by atoms with Crippen LogP contribution in [-0.4, -0.2) is 25.2 Å². The van der Waals surface area contributed by atoms with Crippen molar-refractivity contribution < 1.29 is 14.3 Å². The highest BCUT2D eigenvalue weighted by atomic mass is 35.5. The van der Waals surface area contributed by atoms with Crippen LogP contribution in [0.15, 0.2) is 54.1 Å². The number of nitrogens with zero attached hydrogens (tertiary/aromatic N) is 1. The third kappa shape index (κ3) is 5.35. The molecule has 5 nitrogen and oxygen atoms in total. The Labute approximate surface area is 169 Å². The maximum Gasteiger partial charge on any atom is 0.262 e. The Morgan fingerprint density at radius 1 is 1.29 bits per heavy atom. The number of halogens is 1. The van der Waals surface area contributed by atoms with Gasteiger partial charge in [-0.1, -0.05) is 48.0 Å². The first-order valence-electron chi connectivity index (χ1n) is 9.14. The van der Waals surface area contributed by atoms with Gasteiger partial charge in [0.2, 0.25) is 0 Å². The molecule has 0 aromatic heterocycles. The first kappa shape index (κ1) is 19.9. The van der Waals surface area contributed by atoms with E-state index in [0.717, 1.165) is 25.0 Å². The normalized spacial score (nSPS) is 16.4. The van der Waals surface area contributed by atoms with Crippen molar-refractivity contribution >= 4 is 23.6 Å². The molecular formula is C22H21ClN2O3. The standard InChI is InChI=1S/C22H21ClN2O3/c23-20-9-3-1-7-17(20)15-28-21-10-4-2-6-16(21)12-18(13-24)22(26)25-14-19-8-5-11-27-19/h1-4,6-7,9-10,12,19H,5,8,11,14-15H2,(H,25,26)/b18-12+. The first-order chi connectivity index (χ1) is 13.7. The summed E-state index contributed by atoms with van der Waals surface area (Å²) in [5, 5.41) is 12.8. The fraction of sp³-hybridized carbons (Fsp3) is 0.273. The van der Waals surface area contributed by atoms with Crippen LogP contribution in [0, 0.1) is 11.3 Å². The largest absolute Gasteiger partial charge is 0.488 e. The number of rotatable bonds is 7. The predicted molar refractivity (Wildman–Crippen MR) is 108 cm³/mol. The highest BCUT2D eigenvalue weighted by Crippen LogP contribution is 2.24. The van der Waals surface area contributed by atoms with Crippen LogP contribution in [0.3, 0.4) is 0 Å². The zero-order valence-electron chi connectivity index (χ0n) is 15.4. The summed E-state index contributed by atoms with van der Waals surface area (Å²) in [6.45, 7) is 1.41. The van der Waals surface area contributed by atoms with E-state index >= 15 is 0 Å². The molecule has 0 spiro atoms. The summed E-state index contributed by atoms with van der Waals surface area (Å²) in [5.41, 5.74) is 1.53. The first-order valence-corrected chi connectivity index (χ1v) is 9.52. The molecule has 1 saturated heterocycles. The van der Waals surface area contributed by atoms with Crippen molar-refractivity contribution in [3.8, 4) is 11.8 Å². The van der Waals surface area contributed by atoms with E-state index in [9.17, 15) is 10.1 Å². The number of ether oxygens (including phenoxy) is 2. The Morgan fingerprint density at radius 2 is 2.07 bits per heavy atom. The molecule has 1 amide bonds. The van der Waals surface area contributed by atoms with Crippen molar-refractivity contribution in [2.45, 2.75) is 25.6 Å². The Morgan fingerprint density at radius 3 is 2.82 bits per heavy atom.